The number of thiazole rings is 1. The molecule has 1 heterocycles. The van der Waals surface area contributed by atoms with Crippen molar-refractivity contribution in [1.82, 2.24) is 4.98 Å². The lowest BCUT2D eigenvalue weighted by Gasteiger charge is -1.99. The van der Waals surface area contributed by atoms with E-state index in [0.29, 0.717) is 10.7 Å². The fourth-order valence-corrected chi connectivity index (χ4v) is 2.43. The van der Waals surface area contributed by atoms with Gasteiger partial charge in [0.1, 0.15) is 5.01 Å². The molecule has 0 aliphatic carbocycles. The number of halogens is 1. The smallest absolute Gasteiger partial charge is 0.125 e. The topological polar surface area (TPSA) is 53.0 Å². The highest BCUT2D eigenvalue weighted by Gasteiger charge is 2.07. The van der Waals surface area contributed by atoms with Gasteiger partial charge >= 0.3 is 0 Å². The second-order valence-electron chi connectivity index (χ2n) is 3.17. The fraction of sp³-hybridized carbons (Fsp3) is 0.0909. The lowest BCUT2D eigenvalue weighted by atomic mass is 10.2. The molecule has 0 saturated carbocycles. The number of hydrogen-bond acceptors (Lipinski definition) is 4. The maximum atomic E-state index is 10.4. The van der Waals surface area contributed by atoms with Crippen molar-refractivity contribution in [3.8, 4) is 10.6 Å². The Morgan fingerprint density at radius 2 is 2.19 bits per heavy atom. The first kappa shape index (κ1) is 11.1. The molecule has 2 rings (SSSR count). The van der Waals surface area contributed by atoms with Gasteiger partial charge in [0.15, 0.2) is 0 Å². The van der Waals surface area contributed by atoms with Crippen LogP contribution in [0.3, 0.4) is 0 Å². The van der Waals surface area contributed by atoms with Crippen molar-refractivity contribution in [3.63, 3.8) is 0 Å². The van der Waals surface area contributed by atoms with Crippen molar-refractivity contribution in [1.29, 1.82) is 0 Å². The molecule has 0 unspecified atom stereocenters. The Morgan fingerprint density at radius 1 is 1.44 bits per heavy atom. The van der Waals surface area contributed by atoms with Crippen molar-refractivity contribution in [2.75, 3.05) is 0 Å². The highest BCUT2D eigenvalue weighted by Crippen LogP contribution is 2.29. The molecule has 0 bridgehead atoms. The van der Waals surface area contributed by atoms with E-state index >= 15 is 0 Å². The van der Waals surface area contributed by atoms with Gasteiger partial charge in [0, 0.05) is 23.3 Å². The zero-order chi connectivity index (χ0) is 11.5. The van der Waals surface area contributed by atoms with Crippen LogP contribution in [-0.4, -0.2) is 11.0 Å². The summed E-state index contributed by atoms with van der Waals surface area (Å²) >= 11 is 7.38. The van der Waals surface area contributed by atoms with Gasteiger partial charge in [-0.25, -0.2) is 4.98 Å². The first-order chi connectivity index (χ1) is 7.66. The number of benzene rings is 1. The number of aromatic nitrogens is 1. The van der Waals surface area contributed by atoms with Crippen LogP contribution in [0.15, 0.2) is 29.6 Å². The summed E-state index contributed by atoms with van der Waals surface area (Å²) in [6.45, 7) is 0. The van der Waals surface area contributed by atoms with E-state index in [1.54, 1.807) is 11.4 Å². The van der Waals surface area contributed by atoms with Crippen LogP contribution < -0.4 is 5.11 Å². The van der Waals surface area contributed by atoms with Gasteiger partial charge in [0.25, 0.3) is 0 Å². The molecule has 1 aromatic heterocycles. The fourth-order valence-electron chi connectivity index (χ4n) is 1.29. The molecule has 5 heteroatoms. The molecular weight excluding hydrogens is 246 g/mol. The van der Waals surface area contributed by atoms with Gasteiger partial charge in [-0.1, -0.05) is 29.8 Å². The van der Waals surface area contributed by atoms with E-state index in [4.69, 9.17) is 11.6 Å². The third kappa shape index (κ3) is 2.40. The number of hydrogen-bond donors (Lipinski definition) is 0. The molecule has 1 aromatic carbocycles. The van der Waals surface area contributed by atoms with Crippen molar-refractivity contribution >= 4 is 28.9 Å². The summed E-state index contributed by atoms with van der Waals surface area (Å²) in [7, 11) is 0. The van der Waals surface area contributed by atoms with Crippen LogP contribution in [0.5, 0.6) is 0 Å². The SMILES string of the molecule is O=C([O-])Cc1csc(-c2ccccc2Cl)n1. The van der Waals surface area contributed by atoms with Gasteiger partial charge in [-0.05, 0) is 6.07 Å². The summed E-state index contributed by atoms with van der Waals surface area (Å²) in [5.74, 6) is -1.13. The molecule has 2 aromatic rings. The number of carbonyl (C=O) groups is 1. The number of carboxylic acids is 1. The van der Waals surface area contributed by atoms with Gasteiger partial charge in [-0.15, -0.1) is 11.3 Å². The van der Waals surface area contributed by atoms with E-state index in [1.807, 2.05) is 18.2 Å². The Hall–Kier alpha value is -1.39. The van der Waals surface area contributed by atoms with Crippen LogP contribution in [0.2, 0.25) is 5.02 Å². The van der Waals surface area contributed by atoms with E-state index in [1.165, 1.54) is 11.3 Å². The summed E-state index contributed by atoms with van der Waals surface area (Å²) in [6, 6.07) is 7.32. The van der Waals surface area contributed by atoms with Gasteiger partial charge in [-0.2, -0.15) is 0 Å². The Labute approximate surface area is 101 Å². The molecule has 0 radical (unpaired) electrons. The van der Waals surface area contributed by atoms with Crippen LogP contribution in [0.1, 0.15) is 5.69 Å². The minimum absolute atomic E-state index is 0.166. The lowest BCUT2D eigenvalue weighted by Crippen LogP contribution is -2.24. The van der Waals surface area contributed by atoms with E-state index in [9.17, 15) is 9.90 Å². The predicted octanol–water partition coefficient (Wildman–Crippen LogP) is 1.76. The summed E-state index contributed by atoms with van der Waals surface area (Å²) < 4.78 is 0. The summed E-state index contributed by atoms with van der Waals surface area (Å²) in [5, 5.41) is 13.4. The molecule has 0 N–H and O–H groups in total. The van der Waals surface area contributed by atoms with E-state index in [-0.39, 0.29) is 6.42 Å². The highest BCUT2D eigenvalue weighted by atomic mass is 35.5. The Morgan fingerprint density at radius 3 is 2.88 bits per heavy atom. The molecule has 0 saturated heterocycles. The first-order valence-corrected chi connectivity index (χ1v) is 5.82. The largest absolute Gasteiger partial charge is 0.550 e. The number of rotatable bonds is 3. The monoisotopic (exact) mass is 252 g/mol. The maximum absolute atomic E-state index is 10.4. The van der Waals surface area contributed by atoms with E-state index < -0.39 is 5.97 Å². The second-order valence-corrected chi connectivity index (χ2v) is 4.44. The number of carbonyl (C=O) groups excluding carboxylic acids is 1. The van der Waals surface area contributed by atoms with Gasteiger partial charge in [0.05, 0.1) is 10.7 Å². The molecule has 0 spiro atoms. The standard InChI is InChI=1S/C11H8ClNO2S/c12-9-4-2-1-3-8(9)11-13-7(6-16-11)5-10(14)15/h1-4,6H,5H2,(H,14,15)/p-1. The van der Waals surface area contributed by atoms with Gasteiger partial charge < -0.3 is 9.90 Å². The molecule has 0 aliphatic rings. The number of aliphatic carboxylic acids is 1. The van der Waals surface area contributed by atoms with Crippen LogP contribution >= 0.6 is 22.9 Å². The Bertz CT molecular complexity index is 524. The Kier molecular flexibility index (Phi) is 3.22. The molecule has 0 fully saturated rings. The predicted molar refractivity (Wildman–Crippen MR) is 61.3 cm³/mol. The summed E-state index contributed by atoms with van der Waals surface area (Å²) in [6.07, 6.45) is -0.166. The molecule has 16 heavy (non-hydrogen) atoms. The van der Waals surface area contributed by atoms with Crippen molar-refractivity contribution in [3.05, 3.63) is 40.4 Å². The molecular formula is C11H7ClNO2S-. The second kappa shape index (κ2) is 4.63. The minimum Gasteiger partial charge on any atom is -0.550 e. The van der Waals surface area contributed by atoms with E-state index in [2.05, 4.69) is 4.98 Å². The van der Waals surface area contributed by atoms with Crippen LogP contribution in [0.25, 0.3) is 10.6 Å². The molecule has 0 atom stereocenters. The maximum Gasteiger partial charge on any atom is 0.125 e. The van der Waals surface area contributed by atoms with Gasteiger partial charge in [-0.3, -0.25) is 0 Å². The van der Waals surface area contributed by atoms with Crippen LogP contribution in [-0.2, 0) is 11.2 Å². The zero-order valence-electron chi connectivity index (χ0n) is 8.14. The molecule has 82 valence electrons. The molecule has 0 aliphatic heterocycles. The lowest BCUT2D eigenvalue weighted by molar-refractivity contribution is -0.304. The average molecular weight is 253 g/mol. The van der Waals surface area contributed by atoms with E-state index in [0.717, 1.165) is 10.6 Å². The highest BCUT2D eigenvalue weighted by molar-refractivity contribution is 7.13. The summed E-state index contributed by atoms with van der Waals surface area (Å²) in [5.41, 5.74) is 1.32. The third-order valence-electron chi connectivity index (χ3n) is 1.98. The third-order valence-corrected chi connectivity index (χ3v) is 3.24. The summed E-state index contributed by atoms with van der Waals surface area (Å²) in [4.78, 5) is 14.6. The van der Waals surface area contributed by atoms with Crippen LogP contribution in [0.4, 0.5) is 0 Å². The van der Waals surface area contributed by atoms with Gasteiger partial charge in [0.2, 0.25) is 0 Å². The Balaban J connectivity index is 2.32. The first-order valence-electron chi connectivity index (χ1n) is 4.56. The quantitative estimate of drug-likeness (QED) is 0.836. The average Bonchev–Trinajstić information content (AvgIpc) is 2.66. The van der Waals surface area contributed by atoms with Crippen molar-refractivity contribution < 1.29 is 9.90 Å². The number of nitrogens with zero attached hydrogens (tertiary/aromatic N) is 1. The molecule has 3 nitrogen and oxygen atoms in total. The normalized spacial score (nSPS) is 10.3. The zero-order valence-corrected chi connectivity index (χ0v) is 9.72. The van der Waals surface area contributed by atoms with Crippen molar-refractivity contribution in [2.45, 2.75) is 6.42 Å². The van der Waals surface area contributed by atoms with Crippen LogP contribution in [0, 0.1) is 0 Å². The minimum atomic E-state index is -1.13. The molecule has 0 amide bonds. The number of carboxylic acid groups (broad SMARTS) is 1. The van der Waals surface area contributed by atoms with Crippen molar-refractivity contribution in [2.24, 2.45) is 0 Å².